The summed E-state index contributed by atoms with van der Waals surface area (Å²) in [5, 5.41) is 8.74. The van der Waals surface area contributed by atoms with Crippen LogP contribution in [0.25, 0.3) is 11.3 Å². The molecule has 8 rings (SSSR count). The summed E-state index contributed by atoms with van der Waals surface area (Å²) >= 11 is 0. The van der Waals surface area contributed by atoms with Crippen LogP contribution in [0.3, 0.4) is 0 Å². The van der Waals surface area contributed by atoms with Crippen LogP contribution in [0.15, 0.2) is 48.7 Å². The third-order valence-electron chi connectivity index (χ3n) is 12.2. The second-order valence-electron chi connectivity index (χ2n) is 16.1. The van der Waals surface area contributed by atoms with E-state index in [1.54, 1.807) is 41.3 Å². The highest BCUT2D eigenvalue weighted by Gasteiger charge is 2.33. The largest absolute Gasteiger partial charge is 0.449 e. The molecule has 1 atom stereocenters. The molecule has 1 aliphatic carbocycles. The number of hydrogen-bond donors (Lipinski definition) is 3. The molecule has 0 radical (unpaired) electrons. The third kappa shape index (κ3) is 9.16. The molecule has 3 aromatic rings. The number of aromatic nitrogens is 2. The molecule has 14 nitrogen and oxygen atoms in total. The molecule has 308 valence electrons. The molecule has 0 spiro atoms. The minimum atomic E-state index is -0.559. The van der Waals surface area contributed by atoms with Crippen LogP contribution >= 0.6 is 0 Å². The molecule has 1 aromatic heterocycles. The summed E-state index contributed by atoms with van der Waals surface area (Å²) in [5.41, 5.74) is 2.39. The SMILES string of the molecule is O=C1CCC(Nc2ccc(N3CCC(CN4CCN(C(=O)[C@H]5CC[C@H](Nc6ncc(F)c(-c7cccc(N8CCCOC8=O)c7)n6)CC5)CC4)CC3)c(F)c2)C(=O)N1. The van der Waals surface area contributed by atoms with Gasteiger partial charge in [-0.2, -0.15) is 0 Å². The highest BCUT2D eigenvalue weighted by atomic mass is 19.1. The van der Waals surface area contributed by atoms with E-state index < -0.39 is 18.0 Å². The van der Waals surface area contributed by atoms with Crippen molar-refractivity contribution >= 4 is 46.8 Å². The van der Waals surface area contributed by atoms with Crippen LogP contribution in [0.4, 0.5) is 36.6 Å². The number of piperidine rings is 2. The van der Waals surface area contributed by atoms with E-state index in [0.29, 0.717) is 67.2 Å². The predicted molar refractivity (Wildman–Crippen MR) is 214 cm³/mol. The van der Waals surface area contributed by atoms with Gasteiger partial charge in [-0.15, -0.1) is 0 Å². The van der Waals surface area contributed by atoms with E-state index in [9.17, 15) is 23.6 Å². The number of benzene rings is 2. The molecule has 4 amide bonds. The van der Waals surface area contributed by atoms with Gasteiger partial charge in [-0.3, -0.25) is 29.5 Å². The lowest BCUT2D eigenvalue weighted by Crippen LogP contribution is -2.52. The van der Waals surface area contributed by atoms with Gasteiger partial charge in [0.25, 0.3) is 0 Å². The van der Waals surface area contributed by atoms with Gasteiger partial charge in [0.1, 0.15) is 17.6 Å². The second-order valence-corrected chi connectivity index (χ2v) is 16.1. The molecule has 5 fully saturated rings. The van der Waals surface area contributed by atoms with Gasteiger partial charge in [0, 0.05) is 87.7 Å². The number of cyclic esters (lactones) is 1. The van der Waals surface area contributed by atoms with E-state index >= 15 is 4.39 Å². The van der Waals surface area contributed by atoms with Crippen LogP contribution in [0, 0.1) is 23.5 Å². The van der Waals surface area contributed by atoms with Crippen molar-refractivity contribution in [1.29, 1.82) is 0 Å². The number of piperazine rings is 1. The first-order chi connectivity index (χ1) is 28.2. The number of nitrogens with one attached hydrogen (secondary N) is 3. The summed E-state index contributed by atoms with van der Waals surface area (Å²) < 4.78 is 35.3. The van der Waals surface area contributed by atoms with Crippen LogP contribution in [-0.4, -0.2) is 115 Å². The molecule has 5 aliphatic rings. The number of halogens is 2. The maximum Gasteiger partial charge on any atom is 0.414 e. The molecule has 0 bridgehead atoms. The fourth-order valence-corrected chi connectivity index (χ4v) is 8.93. The van der Waals surface area contributed by atoms with Gasteiger partial charge in [-0.05, 0) is 87.6 Å². The monoisotopic (exact) mass is 799 g/mol. The van der Waals surface area contributed by atoms with Gasteiger partial charge < -0.3 is 25.2 Å². The van der Waals surface area contributed by atoms with Crippen LogP contribution in [-0.2, 0) is 19.1 Å². The first-order valence-electron chi connectivity index (χ1n) is 20.7. The normalized spacial score (nSPS) is 23.7. The Bertz CT molecular complexity index is 2000. The zero-order chi connectivity index (χ0) is 40.2. The minimum Gasteiger partial charge on any atom is -0.449 e. The van der Waals surface area contributed by atoms with Gasteiger partial charge in [0.2, 0.25) is 23.7 Å². The smallest absolute Gasteiger partial charge is 0.414 e. The maximum atomic E-state index is 15.2. The summed E-state index contributed by atoms with van der Waals surface area (Å²) in [4.78, 5) is 66.2. The van der Waals surface area contributed by atoms with E-state index in [1.165, 1.54) is 12.3 Å². The Hall–Kier alpha value is -5.38. The zero-order valence-electron chi connectivity index (χ0n) is 32.6. The zero-order valence-corrected chi connectivity index (χ0v) is 32.6. The van der Waals surface area contributed by atoms with Crippen molar-refractivity contribution in [3.05, 3.63) is 60.3 Å². The molecule has 3 N–H and O–H groups in total. The van der Waals surface area contributed by atoms with Crippen molar-refractivity contribution in [2.45, 2.75) is 69.9 Å². The van der Waals surface area contributed by atoms with Gasteiger partial charge in [0.05, 0.1) is 18.5 Å². The summed E-state index contributed by atoms with van der Waals surface area (Å²) in [6, 6.07) is 11.5. The summed E-state index contributed by atoms with van der Waals surface area (Å²) in [5.74, 6) is -0.517. The molecule has 2 aromatic carbocycles. The van der Waals surface area contributed by atoms with Gasteiger partial charge >= 0.3 is 6.09 Å². The molecule has 58 heavy (non-hydrogen) atoms. The number of carbonyl (C=O) groups excluding carboxylic acids is 4. The van der Waals surface area contributed by atoms with E-state index in [0.717, 1.165) is 77.7 Å². The fraction of sp³-hybridized carbons (Fsp3) is 0.524. The molecule has 16 heteroatoms. The Labute approximate surface area is 336 Å². The maximum absolute atomic E-state index is 15.2. The van der Waals surface area contributed by atoms with Crippen LogP contribution in [0.2, 0.25) is 0 Å². The number of hydrogen-bond acceptors (Lipinski definition) is 11. The fourth-order valence-electron chi connectivity index (χ4n) is 8.93. The van der Waals surface area contributed by atoms with Crippen LogP contribution < -0.4 is 25.8 Å². The third-order valence-corrected chi connectivity index (χ3v) is 12.2. The van der Waals surface area contributed by atoms with Crippen LogP contribution in [0.5, 0.6) is 0 Å². The first-order valence-corrected chi connectivity index (χ1v) is 20.7. The highest BCUT2D eigenvalue weighted by Crippen LogP contribution is 2.32. The number of rotatable bonds is 10. The molecule has 4 aliphatic heterocycles. The molecule has 1 saturated carbocycles. The highest BCUT2D eigenvalue weighted by molar-refractivity contribution is 6.01. The van der Waals surface area contributed by atoms with Gasteiger partial charge in [-0.1, -0.05) is 12.1 Å². The van der Waals surface area contributed by atoms with E-state index in [4.69, 9.17) is 4.74 Å². The van der Waals surface area contributed by atoms with Crippen LogP contribution in [0.1, 0.15) is 57.8 Å². The Balaban J connectivity index is 0.755. The van der Waals surface area contributed by atoms with Crippen molar-refractivity contribution in [3.8, 4) is 11.3 Å². The van der Waals surface area contributed by atoms with Crippen molar-refractivity contribution in [2.24, 2.45) is 11.8 Å². The Morgan fingerprint density at radius 3 is 2.40 bits per heavy atom. The molecule has 5 heterocycles. The van der Waals surface area contributed by atoms with Gasteiger partial charge in [-0.25, -0.2) is 23.5 Å². The number of amides is 4. The Morgan fingerprint density at radius 1 is 0.862 bits per heavy atom. The lowest BCUT2D eigenvalue weighted by Gasteiger charge is -2.40. The number of nitrogens with zero attached hydrogens (tertiary/aromatic N) is 6. The lowest BCUT2D eigenvalue weighted by atomic mass is 9.85. The second kappa shape index (κ2) is 17.6. The number of anilines is 4. The summed E-state index contributed by atoms with van der Waals surface area (Å²) in [7, 11) is 0. The minimum absolute atomic E-state index is 0.0227. The lowest BCUT2D eigenvalue weighted by molar-refractivity contribution is -0.138. The quantitative estimate of drug-likeness (QED) is 0.237. The predicted octanol–water partition coefficient (Wildman–Crippen LogP) is 5.02. The summed E-state index contributed by atoms with van der Waals surface area (Å²) in [6.07, 6.45) is 7.11. The number of carbonyl (C=O) groups is 4. The number of imide groups is 1. The molecular formula is C42H51F2N9O5. The van der Waals surface area contributed by atoms with Crippen molar-refractivity contribution in [2.75, 3.05) is 79.4 Å². The van der Waals surface area contributed by atoms with Crippen molar-refractivity contribution < 1.29 is 32.7 Å². The van der Waals surface area contributed by atoms with Crippen molar-refractivity contribution in [1.82, 2.24) is 25.1 Å². The van der Waals surface area contributed by atoms with E-state index in [2.05, 4.69) is 35.7 Å². The van der Waals surface area contributed by atoms with Crippen molar-refractivity contribution in [3.63, 3.8) is 0 Å². The molecular weight excluding hydrogens is 749 g/mol. The number of ether oxygens (including phenoxy) is 1. The average Bonchev–Trinajstić information content (AvgIpc) is 3.23. The van der Waals surface area contributed by atoms with E-state index in [1.807, 2.05) is 4.90 Å². The standard InChI is InChI=1S/C42H51F2N9O5/c43-33-24-31(46-35-10-12-37(54)48-39(35)55)9-11-36(33)51-16-13-27(14-17-51)26-50-18-20-52(21-19-50)40(56)28-5-7-30(8-6-28)47-41-45-25-34(44)38(49-41)29-3-1-4-32(23-29)53-15-2-22-58-42(53)57/h1,3-4,9,11,23-25,27-28,30,35,46H,2,5-8,10,12-22,26H2,(H,45,47,49)(H,48,54,55)/t28-,30-,35?. The Kier molecular flexibility index (Phi) is 12.0. The average molecular weight is 800 g/mol. The van der Waals surface area contributed by atoms with E-state index in [-0.39, 0.29) is 47.6 Å². The topological polar surface area (TPSA) is 152 Å². The molecule has 1 unspecified atom stereocenters. The Morgan fingerprint density at radius 2 is 1.66 bits per heavy atom. The van der Waals surface area contributed by atoms with Gasteiger partial charge in [0.15, 0.2) is 5.82 Å². The molecule has 4 saturated heterocycles. The summed E-state index contributed by atoms with van der Waals surface area (Å²) in [6.45, 7) is 6.53. The first kappa shape index (κ1) is 39.4.